The zero-order chi connectivity index (χ0) is 19.1. The molecule has 0 fully saturated rings. The first-order valence-electron chi connectivity index (χ1n) is 8.65. The number of aryl methyl sites for hydroxylation is 3. The van der Waals surface area contributed by atoms with E-state index in [1.807, 2.05) is 57.2 Å². The van der Waals surface area contributed by atoms with Crippen molar-refractivity contribution < 1.29 is 4.79 Å². The van der Waals surface area contributed by atoms with Crippen molar-refractivity contribution >= 4 is 23.0 Å². The van der Waals surface area contributed by atoms with Crippen LogP contribution in [0.3, 0.4) is 0 Å². The molecule has 0 aliphatic rings. The molecule has 0 aliphatic carbocycles. The number of para-hydroxylation sites is 1. The van der Waals surface area contributed by atoms with Crippen LogP contribution in [-0.2, 0) is 17.6 Å². The van der Waals surface area contributed by atoms with E-state index in [0.29, 0.717) is 11.4 Å². The predicted octanol–water partition coefficient (Wildman–Crippen LogP) is 4.16. The van der Waals surface area contributed by atoms with Gasteiger partial charge in [-0.3, -0.25) is 4.79 Å². The van der Waals surface area contributed by atoms with Crippen LogP contribution in [0.15, 0.2) is 48.2 Å². The van der Waals surface area contributed by atoms with Crippen LogP contribution in [0.2, 0.25) is 0 Å². The molecule has 0 radical (unpaired) electrons. The molecule has 0 saturated heterocycles. The van der Waals surface area contributed by atoms with Gasteiger partial charge in [0.1, 0.15) is 11.6 Å². The fourth-order valence-electron chi connectivity index (χ4n) is 2.68. The lowest BCUT2D eigenvalue weighted by atomic mass is 10.0. The molecule has 0 bridgehead atoms. The maximum absolute atomic E-state index is 12.6. The lowest BCUT2D eigenvalue weighted by Crippen LogP contribution is -2.17. The molecule has 5 nitrogen and oxygen atoms in total. The zero-order valence-corrected chi connectivity index (χ0v) is 15.4. The molecule has 2 aromatic carbocycles. The third-order valence-electron chi connectivity index (χ3n) is 4.18. The molecule has 0 heterocycles. The molecule has 26 heavy (non-hydrogen) atoms. The van der Waals surface area contributed by atoms with Crippen LogP contribution in [0.5, 0.6) is 0 Å². The van der Waals surface area contributed by atoms with Crippen molar-refractivity contribution in [1.29, 1.82) is 5.26 Å². The van der Waals surface area contributed by atoms with E-state index in [1.54, 1.807) is 6.07 Å². The second-order valence-electron chi connectivity index (χ2n) is 6.02. The number of nitrogens with one attached hydrogen (secondary N) is 2. The maximum atomic E-state index is 12.6. The van der Waals surface area contributed by atoms with Gasteiger partial charge in [-0.25, -0.2) is 0 Å². The number of hydrogen-bond donors (Lipinski definition) is 3. The molecule has 0 aromatic heterocycles. The quantitative estimate of drug-likeness (QED) is 0.415. The molecule has 2 rings (SSSR count). The Kier molecular flexibility index (Phi) is 6.40. The number of nitrogens with two attached hydrogens (primary N) is 1. The van der Waals surface area contributed by atoms with Gasteiger partial charge >= 0.3 is 0 Å². The van der Waals surface area contributed by atoms with Crippen LogP contribution in [0, 0.1) is 18.3 Å². The summed E-state index contributed by atoms with van der Waals surface area (Å²) >= 11 is 0. The Morgan fingerprint density at radius 1 is 1.19 bits per heavy atom. The molecule has 2 aromatic rings. The van der Waals surface area contributed by atoms with Gasteiger partial charge in [-0.2, -0.15) is 5.26 Å². The highest BCUT2D eigenvalue weighted by Gasteiger charge is 2.14. The summed E-state index contributed by atoms with van der Waals surface area (Å²) in [6.07, 6.45) is 2.99. The fourth-order valence-corrected chi connectivity index (χ4v) is 2.68. The summed E-state index contributed by atoms with van der Waals surface area (Å²) in [5.74, 6) is -0.443. The molecule has 0 aliphatic heterocycles. The van der Waals surface area contributed by atoms with Crippen molar-refractivity contribution in [1.82, 2.24) is 0 Å². The van der Waals surface area contributed by atoms with Gasteiger partial charge in [0.25, 0.3) is 5.91 Å². The Balaban J connectivity index is 2.25. The molecule has 1 amide bonds. The number of carbonyl (C=O) groups is 1. The fraction of sp³-hybridized carbons (Fsp3) is 0.238. The number of nitriles is 1. The van der Waals surface area contributed by atoms with Crippen molar-refractivity contribution in [2.45, 2.75) is 33.6 Å². The number of benzene rings is 2. The van der Waals surface area contributed by atoms with Crippen molar-refractivity contribution in [3.8, 4) is 6.07 Å². The molecule has 4 N–H and O–H groups in total. The molecular formula is C21H24N4O. The van der Waals surface area contributed by atoms with Crippen molar-refractivity contribution in [3.63, 3.8) is 0 Å². The molecular weight excluding hydrogens is 324 g/mol. The summed E-state index contributed by atoms with van der Waals surface area (Å²) in [6, 6.07) is 13.4. The molecule has 0 saturated carbocycles. The maximum Gasteiger partial charge on any atom is 0.267 e. The number of nitrogen functional groups attached to an aromatic ring is 1. The number of rotatable bonds is 6. The molecule has 5 heteroatoms. The van der Waals surface area contributed by atoms with Crippen LogP contribution in [0.25, 0.3) is 0 Å². The summed E-state index contributed by atoms with van der Waals surface area (Å²) in [4.78, 5) is 12.6. The highest BCUT2D eigenvalue weighted by Crippen LogP contribution is 2.23. The van der Waals surface area contributed by atoms with Gasteiger partial charge in [0.05, 0.1) is 11.4 Å². The van der Waals surface area contributed by atoms with E-state index in [-0.39, 0.29) is 5.57 Å². The SMILES string of the molecule is CCc1cccc(CC)c1NC(=O)/C(C#N)=C\Nc1cc(C)ccc1N. The summed E-state index contributed by atoms with van der Waals surface area (Å²) in [5, 5.41) is 15.2. The third-order valence-corrected chi connectivity index (χ3v) is 4.18. The average molecular weight is 348 g/mol. The number of anilines is 3. The van der Waals surface area contributed by atoms with Crippen LogP contribution in [0.1, 0.15) is 30.5 Å². The van der Waals surface area contributed by atoms with Gasteiger partial charge in [-0.15, -0.1) is 0 Å². The van der Waals surface area contributed by atoms with Crippen LogP contribution in [0.4, 0.5) is 17.1 Å². The third kappa shape index (κ3) is 4.42. The van der Waals surface area contributed by atoms with E-state index in [1.165, 1.54) is 6.20 Å². The first-order valence-corrected chi connectivity index (χ1v) is 8.65. The number of amides is 1. The van der Waals surface area contributed by atoms with E-state index < -0.39 is 5.91 Å². The van der Waals surface area contributed by atoms with E-state index in [0.717, 1.165) is 35.2 Å². The van der Waals surface area contributed by atoms with Gasteiger partial charge < -0.3 is 16.4 Å². The van der Waals surface area contributed by atoms with Crippen LogP contribution in [-0.4, -0.2) is 5.91 Å². The van der Waals surface area contributed by atoms with Crippen LogP contribution < -0.4 is 16.4 Å². The molecule has 134 valence electrons. The first-order chi connectivity index (χ1) is 12.5. The van der Waals surface area contributed by atoms with Gasteiger partial charge in [0.2, 0.25) is 0 Å². The highest BCUT2D eigenvalue weighted by molar-refractivity contribution is 6.07. The topological polar surface area (TPSA) is 90.9 Å². The van der Waals surface area contributed by atoms with Gasteiger partial charge in [0.15, 0.2) is 0 Å². The Morgan fingerprint density at radius 2 is 1.85 bits per heavy atom. The predicted molar refractivity (Wildman–Crippen MR) is 107 cm³/mol. The van der Waals surface area contributed by atoms with Crippen molar-refractivity contribution in [3.05, 3.63) is 64.9 Å². The number of carbonyl (C=O) groups excluding carboxylic acids is 1. The van der Waals surface area contributed by atoms with Gasteiger partial charge in [-0.05, 0) is 48.6 Å². The van der Waals surface area contributed by atoms with Crippen molar-refractivity contribution in [2.24, 2.45) is 0 Å². The normalized spacial score (nSPS) is 10.9. The lowest BCUT2D eigenvalue weighted by Gasteiger charge is -2.14. The standard InChI is InChI=1S/C21H24N4O/c1-4-15-7-6-8-16(5-2)20(15)25-21(26)17(12-22)13-24-19-11-14(3)9-10-18(19)23/h6-11,13,24H,4-5,23H2,1-3H3,(H,25,26)/b17-13-. The van der Waals surface area contributed by atoms with Gasteiger partial charge in [-0.1, -0.05) is 38.1 Å². The molecule has 0 atom stereocenters. The summed E-state index contributed by atoms with van der Waals surface area (Å²) in [5.41, 5.74) is 11.0. The van der Waals surface area contributed by atoms with Gasteiger partial charge in [0, 0.05) is 11.9 Å². The zero-order valence-electron chi connectivity index (χ0n) is 15.4. The van der Waals surface area contributed by atoms with E-state index >= 15 is 0 Å². The first kappa shape index (κ1) is 19.1. The second-order valence-corrected chi connectivity index (χ2v) is 6.02. The minimum Gasteiger partial charge on any atom is -0.397 e. The highest BCUT2D eigenvalue weighted by atomic mass is 16.1. The Labute approximate surface area is 154 Å². The summed E-state index contributed by atoms with van der Waals surface area (Å²) in [7, 11) is 0. The number of hydrogen-bond acceptors (Lipinski definition) is 4. The van der Waals surface area contributed by atoms with E-state index in [4.69, 9.17) is 5.73 Å². The van der Waals surface area contributed by atoms with Crippen LogP contribution >= 0.6 is 0 Å². The summed E-state index contributed by atoms with van der Waals surface area (Å²) < 4.78 is 0. The average Bonchev–Trinajstić information content (AvgIpc) is 2.65. The molecule has 0 unspecified atom stereocenters. The Bertz CT molecular complexity index is 856. The number of nitrogens with zero attached hydrogens (tertiary/aromatic N) is 1. The Hall–Kier alpha value is -3.26. The largest absolute Gasteiger partial charge is 0.397 e. The minimum atomic E-state index is -0.443. The monoisotopic (exact) mass is 348 g/mol. The van der Waals surface area contributed by atoms with E-state index in [2.05, 4.69) is 10.6 Å². The van der Waals surface area contributed by atoms with E-state index in [9.17, 15) is 10.1 Å². The second kappa shape index (κ2) is 8.72. The smallest absolute Gasteiger partial charge is 0.267 e. The minimum absolute atomic E-state index is 0.0149. The van der Waals surface area contributed by atoms with Crippen molar-refractivity contribution in [2.75, 3.05) is 16.4 Å². The lowest BCUT2D eigenvalue weighted by molar-refractivity contribution is -0.112. The summed E-state index contributed by atoms with van der Waals surface area (Å²) in [6.45, 7) is 6.02. The molecule has 0 spiro atoms. The Morgan fingerprint density at radius 3 is 2.42 bits per heavy atom.